The lowest BCUT2D eigenvalue weighted by Gasteiger charge is -2.21. The van der Waals surface area contributed by atoms with Gasteiger partial charge in [-0.25, -0.2) is 4.79 Å². The predicted octanol–water partition coefficient (Wildman–Crippen LogP) is 0.751. The first-order valence-corrected chi connectivity index (χ1v) is 5.97. The standard InChI is InChI=1S/C13H17NO4/c15-8-11-6-12(16)7-14(11)13(17)18-9-10-4-2-1-3-5-10/h1-5,11-12,15-16H,6-9H2/t11-,12+/m0/s1. The van der Waals surface area contributed by atoms with Gasteiger partial charge in [-0.3, -0.25) is 0 Å². The molecule has 1 aromatic rings. The Morgan fingerprint density at radius 3 is 2.78 bits per heavy atom. The number of amides is 1. The molecule has 1 aliphatic rings. The van der Waals surface area contributed by atoms with Gasteiger partial charge in [0, 0.05) is 0 Å². The molecule has 1 heterocycles. The predicted molar refractivity (Wildman–Crippen MR) is 64.8 cm³/mol. The van der Waals surface area contributed by atoms with Gasteiger partial charge in [0.15, 0.2) is 0 Å². The Morgan fingerprint density at radius 1 is 1.39 bits per heavy atom. The van der Waals surface area contributed by atoms with Crippen LogP contribution in [0.1, 0.15) is 12.0 Å². The lowest BCUT2D eigenvalue weighted by atomic mass is 10.2. The molecule has 0 aromatic heterocycles. The van der Waals surface area contributed by atoms with Gasteiger partial charge in [0.1, 0.15) is 6.61 Å². The van der Waals surface area contributed by atoms with Crippen molar-refractivity contribution < 1.29 is 19.7 Å². The number of carbonyl (C=O) groups excluding carboxylic acids is 1. The zero-order chi connectivity index (χ0) is 13.0. The number of carbonyl (C=O) groups is 1. The highest BCUT2D eigenvalue weighted by Gasteiger charge is 2.34. The van der Waals surface area contributed by atoms with E-state index in [1.807, 2.05) is 30.3 Å². The molecule has 2 rings (SSSR count). The van der Waals surface area contributed by atoms with E-state index in [4.69, 9.17) is 9.84 Å². The summed E-state index contributed by atoms with van der Waals surface area (Å²) < 4.78 is 5.16. The zero-order valence-corrected chi connectivity index (χ0v) is 10.0. The minimum absolute atomic E-state index is 0.155. The maximum atomic E-state index is 11.8. The van der Waals surface area contributed by atoms with Crippen LogP contribution in [0.3, 0.4) is 0 Å². The molecular weight excluding hydrogens is 234 g/mol. The normalized spacial score (nSPS) is 23.1. The molecule has 2 atom stereocenters. The highest BCUT2D eigenvalue weighted by Crippen LogP contribution is 2.18. The summed E-state index contributed by atoms with van der Waals surface area (Å²) >= 11 is 0. The number of benzene rings is 1. The van der Waals surface area contributed by atoms with E-state index in [9.17, 15) is 9.90 Å². The number of β-amino-alcohol motifs (C(OH)–C–C–N with tert-alkyl or cyclic N) is 1. The third-order valence-electron chi connectivity index (χ3n) is 3.04. The van der Waals surface area contributed by atoms with Crippen LogP contribution in [0, 0.1) is 0 Å². The Balaban J connectivity index is 1.88. The molecule has 1 fully saturated rings. The summed E-state index contributed by atoms with van der Waals surface area (Å²) in [6.45, 7) is 0.265. The van der Waals surface area contributed by atoms with Gasteiger partial charge >= 0.3 is 6.09 Å². The molecule has 98 valence electrons. The minimum Gasteiger partial charge on any atom is -0.445 e. The maximum Gasteiger partial charge on any atom is 0.410 e. The van der Waals surface area contributed by atoms with Gasteiger partial charge in [-0.15, -0.1) is 0 Å². The molecular formula is C13H17NO4. The molecule has 0 radical (unpaired) electrons. The molecule has 0 bridgehead atoms. The fourth-order valence-electron chi connectivity index (χ4n) is 2.09. The lowest BCUT2D eigenvalue weighted by molar-refractivity contribution is 0.0772. The number of rotatable bonds is 3. The topological polar surface area (TPSA) is 70.0 Å². The van der Waals surface area contributed by atoms with E-state index in [2.05, 4.69) is 0 Å². The van der Waals surface area contributed by atoms with Crippen molar-refractivity contribution in [2.75, 3.05) is 13.2 Å². The number of likely N-dealkylation sites (tertiary alicyclic amines) is 1. The van der Waals surface area contributed by atoms with Gasteiger partial charge in [-0.2, -0.15) is 0 Å². The first-order valence-electron chi connectivity index (χ1n) is 5.97. The highest BCUT2D eigenvalue weighted by atomic mass is 16.6. The van der Waals surface area contributed by atoms with E-state index >= 15 is 0 Å². The van der Waals surface area contributed by atoms with Gasteiger partial charge in [-0.05, 0) is 12.0 Å². The molecule has 0 saturated carbocycles. The summed E-state index contributed by atoms with van der Waals surface area (Å²) in [6, 6.07) is 9.04. The average Bonchev–Trinajstić information content (AvgIpc) is 2.78. The van der Waals surface area contributed by atoms with Gasteiger partial charge in [0.25, 0.3) is 0 Å². The summed E-state index contributed by atoms with van der Waals surface area (Å²) in [5.74, 6) is 0. The number of aliphatic hydroxyl groups is 2. The van der Waals surface area contributed by atoms with E-state index in [0.717, 1.165) is 5.56 Å². The highest BCUT2D eigenvalue weighted by molar-refractivity contribution is 5.68. The second-order valence-electron chi connectivity index (χ2n) is 4.42. The molecule has 1 aliphatic heterocycles. The second-order valence-corrected chi connectivity index (χ2v) is 4.42. The SMILES string of the molecule is O=C(OCc1ccccc1)N1C[C@H](O)C[C@H]1CO. The molecule has 2 N–H and O–H groups in total. The Hall–Kier alpha value is -1.59. The molecule has 0 aliphatic carbocycles. The Morgan fingerprint density at radius 2 is 2.11 bits per heavy atom. The molecule has 1 amide bonds. The molecule has 18 heavy (non-hydrogen) atoms. The van der Waals surface area contributed by atoms with Gasteiger partial charge in [0.05, 0.1) is 25.3 Å². The quantitative estimate of drug-likeness (QED) is 0.831. The van der Waals surface area contributed by atoms with E-state index in [0.29, 0.717) is 6.42 Å². The van der Waals surface area contributed by atoms with Crippen molar-refractivity contribution in [2.24, 2.45) is 0 Å². The second kappa shape index (κ2) is 5.84. The average molecular weight is 251 g/mol. The van der Waals surface area contributed by atoms with Crippen LogP contribution in [0.4, 0.5) is 4.79 Å². The van der Waals surface area contributed by atoms with Crippen LogP contribution in [0.5, 0.6) is 0 Å². The Labute approximate surface area is 106 Å². The minimum atomic E-state index is -0.577. The molecule has 5 nitrogen and oxygen atoms in total. The number of hydrogen-bond donors (Lipinski definition) is 2. The largest absolute Gasteiger partial charge is 0.445 e. The van der Waals surface area contributed by atoms with Crippen LogP contribution >= 0.6 is 0 Å². The molecule has 0 spiro atoms. The summed E-state index contributed by atoms with van der Waals surface area (Å²) in [5, 5.41) is 18.6. The van der Waals surface area contributed by atoms with Crippen LogP contribution in [0.15, 0.2) is 30.3 Å². The number of hydrogen-bond acceptors (Lipinski definition) is 4. The van der Waals surface area contributed by atoms with Crippen molar-refractivity contribution in [2.45, 2.75) is 25.2 Å². The smallest absolute Gasteiger partial charge is 0.410 e. The summed E-state index contributed by atoms with van der Waals surface area (Å²) in [7, 11) is 0. The first kappa shape index (κ1) is 12.9. The van der Waals surface area contributed by atoms with Crippen molar-refractivity contribution in [1.82, 2.24) is 4.90 Å². The van der Waals surface area contributed by atoms with E-state index in [1.165, 1.54) is 4.90 Å². The molecule has 1 saturated heterocycles. The summed E-state index contributed by atoms with van der Waals surface area (Å²) in [6.07, 6.45) is -0.669. The molecule has 1 aromatic carbocycles. The van der Waals surface area contributed by atoms with Crippen molar-refractivity contribution in [1.29, 1.82) is 0 Å². The Bertz CT molecular complexity index is 395. The first-order chi connectivity index (χ1) is 8.70. The maximum absolute atomic E-state index is 11.8. The van der Waals surface area contributed by atoms with Crippen LogP contribution in [0.25, 0.3) is 0 Å². The third-order valence-corrected chi connectivity index (χ3v) is 3.04. The number of ether oxygens (including phenoxy) is 1. The molecule has 5 heteroatoms. The van der Waals surface area contributed by atoms with Crippen LogP contribution in [0.2, 0.25) is 0 Å². The lowest BCUT2D eigenvalue weighted by Crippen LogP contribution is -2.38. The van der Waals surface area contributed by atoms with Crippen molar-refractivity contribution >= 4 is 6.09 Å². The van der Waals surface area contributed by atoms with Crippen molar-refractivity contribution in [3.05, 3.63) is 35.9 Å². The van der Waals surface area contributed by atoms with Crippen molar-refractivity contribution in [3.63, 3.8) is 0 Å². The van der Waals surface area contributed by atoms with Crippen LogP contribution in [-0.4, -0.2) is 46.5 Å². The van der Waals surface area contributed by atoms with E-state index < -0.39 is 12.2 Å². The number of nitrogens with zero attached hydrogens (tertiary/aromatic N) is 1. The van der Waals surface area contributed by atoms with Crippen LogP contribution < -0.4 is 0 Å². The van der Waals surface area contributed by atoms with Crippen LogP contribution in [-0.2, 0) is 11.3 Å². The Kier molecular flexibility index (Phi) is 4.17. The monoisotopic (exact) mass is 251 g/mol. The van der Waals surface area contributed by atoms with Gasteiger partial charge < -0.3 is 19.8 Å². The zero-order valence-electron chi connectivity index (χ0n) is 10.0. The fraction of sp³-hybridized carbons (Fsp3) is 0.462. The van der Waals surface area contributed by atoms with E-state index in [-0.39, 0.29) is 25.8 Å². The summed E-state index contributed by atoms with van der Waals surface area (Å²) in [5.41, 5.74) is 0.908. The summed E-state index contributed by atoms with van der Waals surface area (Å²) in [4.78, 5) is 13.2. The van der Waals surface area contributed by atoms with Gasteiger partial charge in [-0.1, -0.05) is 30.3 Å². The third kappa shape index (κ3) is 3.00. The van der Waals surface area contributed by atoms with Crippen molar-refractivity contribution in [3.8, 4) is 0 Å². The molecule has 0 unspecified atom stereocenters. The van der Waals surface area contributed by atoms with Gasteiger partial charge in [0.2, 0.25) is 0 Å². The fourth-order valence-corrected chi connectivity index (χ4v) is 2.09. The van der Waals surface area contributed by atoms with E-state index in [1.54, 1.807) is 0 Å². The number of aliphatic hydroxyl groups excluding tert-OH is 2.